The summed E-state index contributed by atoms with van der Waals surface area (Å²) in [5, 5.41) is 2.16. The SMILES string of the molecule is C[C@@H]1CCc2c(sc3ncnc(SCC(=O)N4c5ccccc5C[C@H]4C)c23)C1. The molecule has 6 heteroatoms. The standard InChI is InChI=1S/C22H23N3OS2/c1-13-7-8-16-18(9-13)28-22-20(16)21(23-12-24-22)27-11-19(26)25-14(2)10-15-5-3-4-6-17(15)25/h3-6,12-14H,7-11H2,1-2H3/t13-,14-/m1/s1. The smallest absolute Gasteiger partial charge is 0.237 e. The Bertz CT molecular complexity index is 1060. The minimum atomic E-state index is 0.159. The highest BCUT2D eigenvalue weighted by Gasteiger charge is 2.31. The van der Waals surface area contributed by atoms with E-state index in [-0.39, 0.29) is 11.9 Å². The molecule has 1 aliphatic carbocycles. The van der Waals surface area contributed by atoms with Crippen LogP contribution in [0.1, 0.15) is 36.3 Å². The van der Waals surface area contributed by atoms with Crippen LogP contribution in [0.5, 0.6) is 0 Å². The third kappa shape index (κ3) is 3.03. The largest absolute Gasteiger partial charge is 0.308 e. The molecular formula is C22H23N3OS2. The number of aromatic nitrogens is 2. The van der Waals surface area contributed by atoms with Gasteiger partial charge in [0, 0.05) is 22.0 Å². The second kappa shape index (κ2) is 7.16. The van der Waals surface area contributed by atoms with Crippen LogP contribution in [0.2, 0.25) is 0 Å². The number of fused-ring (bicyclic) bond motifs is 4. The molecule has 0 fully saturated rings. The van der Waals surface area contributed by atoms with Crippen molar-refractivity contribution in [3.63, 3.8) is 0 Å². The molecule has 0 N–H and O–H groups in total. The molecule has 2 aromatic heterocycles. The number of nitrogens with zero attached hydrogens (tertiary/aromatic N) is 3. The molecule has 2 aliphatic rings. The first-order chi connectivity index (χ1) is 13.6. The molecule has 1 aromatic carbocycles. The molecule has 3 aromatic rings. The number of benzene rings is 1. The van der Waals surface area contributed by atoms with Gasteiger partial charge in [-0.1, -0.05) is 36.9 Å². The molecule has 0 bridgehead atoms. The first kappa shape index (κ1) is 18.1. The number of hydrogen-bond donors (Lipinski definition) is 0. The van der Waals surface area contributed by atoms with E-state index in [4.69, 9.17) is 0 Å². The van der Waals surface area contributed by atoms with E-state index in [1.165, 1.54) is 27.8 Å². The van der Waals surface area contributed by atoms with Gasteiger partial charge in [0.25, 0.3) is 0 Å². The van der Waals surface area contributed by atoms with Gasteiger partial charge >= 0.3 is 0 Å². The lowest BCUT2D eigenvalue weighted by Crippen LogP contribution is -2.37. The number of amides is 1. The lowest BCUT2D eigenvalue weighted by Gasteiger charge is -2.22. The number of carbonyl (C=O) groups is 1. The summed E-state index contributed by atoms with van der Waals surface area (Å²) >= 11 is 3.37. The average Bonchev–Trinajstić information content (AvgIpc) is 3.22. The lowest BCUT2D eigenvalue weighted by atomic mass is 9.89. The Labute approximate surface area is 173 Å². The molecule has 1 aliphatic heterocycles. The number of rotatable bonds is 3. The van der Waals surface area contributed by atoms with Crippen molar-refractivity contribution < 1.29 is 4.79 Å². The van der Waals surface area contributed by atoms with Crippen molar-refractivity contribution in [2.75, 3.05) is 10.7 Å². The van der Waals surface area contributed by atoms with Gasteiger partial charge in [-0.25, -0.2) is 9.97 Å². The molecule has 28 heavy (non-hydrogen) atoms. The van der Waals surface area contributed by atoms with Crippen LogP contribution in [0.4, 0.5) is 5.69 Å². The molecule has 0 saturated carbocycles. The Balaban J connectivity index is 1.40. The van der Waals surface area contributed by atoms with Gasteiger partial charge in [0.2, 0.25) is 5.91 Å². The van der Waals surface area contributed by atoms with Gasteiger partial charge in [0.05, 0.1) is 5.75 Å². The zero-order valence-electron chi connectivity index (χ0n) is 16.1. The van der Waals surface area contributed by atoms with Crippen molar-refractivity contribution in [3.05, 3.63) is 46.6 Å². The van der Waals surface area contributed by atoms with Crippen LogP contribution < -0.4 is 4.90 Å². The number of anilines is 1. The second-order valence-corrected chi connectivity index (χ2v) is 9.99. The molecule has 5 rings (SSSR count). The Morgan fingerprint density at radius 1 is 1.25 bits per heavy atom. The van der Waals surface area contributed by atoms with Gasteiger partial charge in [0.1, 0.15) is 16.2 Å². The first-order valence-electron chi connectivity index (χ1n) is 9.90. The highest BCUT2D eigenvalue weighted by Crippen LogP contribution is 2.41. The lowest BCUT2D eigenvalue weighted by molar-refractivity contribution is -0.116. The Kier molecular flexibility index (Phi) is 4.63. The average molecular weight is 410 g/mol. The number of thiophene rings is 1. The third-order valence-electron chi connectivity index (χ3n) is 5.87. The van der Waals surface area contributed by atoms with Crippen molar-refractivity contribution in [1.82, 2.24) is 9.97 Å². The van der Waals surface area contributed by atoms with E-state index in [1.807, 2.05) is 28.4 Å². The molecule has 0 unspecified atom stereocenters. The van der Waals surface area contributed by atoms with E-state index in [1.54, 1.807) is 18.1 Å². The summed E-state index contributed by atoms with van der Waals surface area (Å²) < 4.78 is 0. The number of para-hydroxylation sites is 1. The van der Waals surface area contributed by atoms with Gasteiger partial charge < -0.3 is 4.90 Å². The fraction of sp³-hybridized carbons (Fsp3) is 0.409. The Morgan fingerprint density at radius 2 is 2.11 bits per heavy atom. The van der Waals surface area contributed by atoms with E-state index >= 15 is 0 Å². The quantitative estimate of drug-likeness (QED) is 0.457. The summed E-state index contributed by atoms with van der Waals surface area (Å²) in [6, 6.07) is 8.45. The molecular weight excluding hydrogens is 386 g/mol. The van der Waals surface area contributed by atoms with Crippen LogP contribution in [0.25, 0.3) is 10.2 Å². The summed E-state index contributed by atoms with van der Waals surface area (Å²) in [6.07, 6.45) is 6.04. The maximum atomic E-state index is 13.1. The van der Waals surface area contributed by atoms with Crippen molar-refractivity contribution in [1.29, 1.82) is 0 Å². The van der Waals surface area contributed by atoms with Gasteiger partial charge in [-0.15, -0.1) is 11.3 Å². The minimum absolute atomic E-state index is 0.159. The van der Waals surface area contributed by atoms with E-state index in [9.17, 15) is 4.79 Å². The molecule has 2 atom stereocenters. The van der Waals surface area contributed by atoms with E-state index < -0.39 is 0 Å². The summed E-state index contributed by atoms with van der Waals surface area (Å²) in [4.78, 5) is 26.6. The van der Waals surface area contributed by atoms with Gasteiger partial charge in [-0.2, -0.15) is 0 Å². The number of hydrogen-bond acceptors (Lipinski definition) is 5. The first-order valence-corrected chi connectivity index (χ1v) is 11.7. The minimum Gasteiger partial charge on any atom is -0.308 e. The summed E-state index contributed by atoms with van der Waals surface area (Å²) in [5.41, 5.74) is 3.75. The third-order valence-corrected chi connectivity index (χ3v) is 8.00. The van der Waals surface area contributed by atoms with Crippen LogP contribution in [-0.2, 0) is 24.1 Å². The van der Waals surface area contributed by atoms with E-state index in [0.717, 1.165) is 40.7 Å². The molecule has 0 radical (unpaired) electrons. The van der Waals surface area contributed by atoms with E-state index in [2.05, 4.69) is 35.9 Å². The second-order valence-electron chi connectivity index (χ2n) is 7.95. The van der Waals surface area contributed by atoms with Crippen molar-refractivity contribution in [2.45, 2.75) is 50.6 Å². The van der Waals surface area contributed by atoms with Gasteiger partial charge in [0.15, 0.2) is 0 Å². The maximum Gasteiger partial charge on any atom is 0.237 e. The zero-order valence-corrected chi connectivity index (χ0v) is 17.8. The van der Waals surface area contributed by atoms with Crippen molar-refractivity contribution in [3.8, 4) is 0 Å². The summed E-state index contributed by atoms with van der Waals surface area (Å²) in [6.45, 7) is 4.45. The van der Waals surface area contributed by atoms with Crippen LogP contribution in [-0.4, -0.2) is 27.7 Å². The van der Waals surface area contributed by atoms with E-state index in [0.29, 0.717) is 5.75 Å². The van der Waals surface area contributed by atoms with Gasteiger partial charge in [-0.05, 0) is 55.7 Å². The van der Waals surface area contributed by atoms with Crippen LogP contribution in [0.15, 0.2) is 35.6 Å². The predicted molar refractivity (Wildman–Crippen MR) is 116 cm³/mol. The predicted octanol–water partition coefficient (Wildman–Crippen LogP) is 4.89. The highest BCUT2D eigenvalue weighted by atomic mass is 32.2. The molecule has 1 amide bonds. The summed E-state index contributed by atoms with van der Waals surface area (Å²) in [7, 11) is 0. The number of aryl methyl sites for hydroxylation is 1. The molecule has 144 valence electrons. The van der Waals surface area contributed by atoms with Crippen LogP contribution in [0, 0.1) is 5.92 Å². The molecule has 0 saturated heterocycles. The number of carbonyl (C=O) groups excluding carboxylic acids is 1. The van der Waals surface area contributed by atoms with Crippen LogP contribution >= 0.6 is 23.1 Å². The maximum absolute atomic E-state index is 13.1. The van der Waals surface area contributed by atoms with Crippen molar-refractivity contribution >= 4 is 44.9 Å². The summed E-state index contributed by atoms with van der Waals surface area (Å²) in [5.74, 6) is 1.31. The Morgan fingerprint density at radius 3 is 3.00 bits per heavy atom. The fourth-order valence-corrected chi connectivity index (χ4v) is 6.80. The van der Waals surface area contributed by atoms with Gasteiger partial charge in [-0.3, -0.25) is 4.79 Å². The molecule has 4 nitrogen and oxygen atoms in total. The fourth-order valence-electron chi connectivity index (χ4n) is 4.50. The normalized spacial score (nSPS) is 21.0. The van der Waals surface area contributed by atoms with Crippen LogP contribution in [0.3, 0.4) is 0 Å². The Hall–Kier alpha value is -1.92. The number of thioether (sulfide) groups is 1. The zero-order chi connectivity index (χ0) is 19.3. The monoisotopic (exact) mass is 409 g/mol. The topological polar surface area (TPSA) is 46.1 Å². The highest BCUT2D eigenvalue weighted by molar-refractivity contribution is 8.00. The molecule has 3 heterocycles. The molecule has 0 spiro atoms. The van der Waals surface area contributed by atoms with Crippen molar-refractivity contribution in [2.24, 2.45) is 5.92 Å².